The predicted molar refractivity (Wildman–Crippen MR) is 33.7 cm³/mol. The van der Waals surface area contributed by atoms with E-state index in [4.69, 9.17) is 6.57 Å². The van der Waals surface area contributed by atoms with Crippen LogP contribution >= 0.6 is 0 Å². The second kappa shape index (κ2) is 6.87. The zero-order valence-corrected chi connectivity index (χ0v) is 5.13. The van der Waals surface area contributed by atoms with Crippen LogP contribution in [0.5, 0.6) is 0 Å². The maximum absolute atomic E-state index is 9.49. The van der Waals surface area contributed by atoms with Gasteiger partial charge >= 0.3 is 0 Å². The molecule has 0 aromatic heterocycles. The number of carbonyl (C=O) groups excluding carboxylic acids is 1. The van der Waals surface area contributed by atoms with E-state index in [1.54, 1.807) is 0 Å². The second-order valence-corrected chi connectivity index (χ2v) is 1.56. The molecule has 3 heteroatoms. The SMILES string of the molecule is [C-]#[N+]CCCCN=C=O. The molecular formula is C6H8N2O. The van der Waals surface area contributed by atoms with E-state index >= 15 is 0 Å². The smallest absolute Gasteiger partial charge is 0.234 e. The molecule has 0 fully saturated rings. The maximum Gasteiger partial charge on any atom is 0.234 e. The number of aliphatic imine (C=N–C) groups is 1. The van der Waals surface area contributed by atoms with Gasteiger partial charge in [0.1, 0.15) is 0 Å². The molecule has 0 saturated carbocycles. The first kappa shape index (κ1) is 7.87. The molecule has 0 bridgehead atoms. The molecule has 0 unspecified atom stereocenters. The normalized spacial score (nSPS) is 7.44. The minimum atomic E-state index is 0.513. The average Bonchev–Trinajstić information content (AvgIpc) is 1.89. The van der Waals surface area contributed by atoms with Crippen LogP contribution in [0.4, 0.5) is 0 Å². The summed E-state index contributed by atoms with van der Waals surface area (Å²) in [5.74, 6) is 0. The number of hydrogen-bond donors (Lipinski definition) is 0. The fourth-order valence-corrected chi connectivity index (χ4v) is 0.427. The van der Waals surface area contributed by atoms with Gasteiger partial charge in [0.25, 0.3) is 0 Å². The highest BCUT2D eigenvalue weighted by Crippen LogP contribution is 1.88. The van der Waals surface area contributed by atoms with Crippen molar-refractivity contribution in [1.29, 1.82) is 0 Å². The first-order valence-electron chi connectivity index (χ1n) is 2.78. The lowest BCUT2D eigenvalue weighted by Crippen LogP contribution is -1.82. The molecule has 3 nitrogen and oxygen atoms in total. The minimum absolute atomic E-state index is 0.513. The molecule has 0 N–H and O–H groups in total. The van der Waals surface area contributed by atoms with E-state index in [0.29, 0.717) is 13.1 Å². The summed E-state index contributed by atoms with van der Waals surface area (Å²) in [4.78, 5) is 16.0. The lowest BCUT2D eigenvalue weighted by atomic mass is 10.3. The van der Waals surface area contributed by atoms with E-state index in [2.05, 4.69) is 9.84 Å². The zero-order chi connectivity index (χ0) is 6.95. The standard InChI is InChI=1S/C6H8N2O/c1-7-4-2-3-5-8-6-9/h2-5H2. The van der Waals surface area contributed by atoms with Crippen molar-refractivity contribution in [3.05, 3.63) is 11.4 Å². The molecule has 9 heavy (non-hydrogen) atoms. The minimum Gasteiger partial charge on any atom is -0.317 e. The number of hydrogen-bond acceptors (Lipinski definition) is 2. The number of isocyanates is 1. The van der Waals surface area contributed by atoms with E-state index in [-0.39, 0.29) is 0 Å². The van der Waals surface area contributed by atoms with Gasteiger partial charge in [0.15, 0.2) is 0 Å². The van der Waals surface area contributed by atoms with Crippen LogP contribution in [-0.2, 0) is 4.79 Å². The van der Waals surface area contributed by atoms with Crippen LogP contribution in [0.15, 0.2) is 4.99 Å². The molecule has 0 saturated heterocycles. The van der Waals surface area contributed by atoms with Crippen molar-refractivity contribution in [1.82, 2.24) is 0 Å². The molecule has 0 aliphatic carbocycles. The summed E-state index contributed by atoms with van der Waals surface area (Å²) in [6.07, 6.45) is 3.09. The van der Waals surface area contributed by atoms with Gasteiger partial charge in [-0.25, -0.2) is 16.4 Å². The Kier molecular flexibility index (Phi) is 6.01. The monoisotopic (exact) mass is 124 g/mol. The van der Waals surface area contributed by atoms with Crippen molar-refractivity contribution in [2.75, 3.05) is 13.1 Å². The van der Waals surface area contributed by atoms with Crippen LogP contribution < -0.4 is 0 Å². The third kappa shape index (κ3) is 6.87. The molecular weight excluding hydrogens is 116 g/mol. The molecule has 0 radical (unpaired) electrons. The van der Waals surface area contributed by atoms with Gasteiger partial charge in [0.05, 0.1) is 6.54 Å². The van der Waals surface area contributed by atoms with Crippen LogP contribution in [0.1, 0.15) is 12.8 Å². The fourth-order valence-electron chi connectivity index (χ4n) is 0.427. The van der Waals surface area contributed by atoms with Gasteiger partial charge in [-0.05, 0) is 6.42 Å². The second-order valence-electron chi connectivity index (χ2n) is 1.56. The van der Waals surface area contributed by atoms with Crippen LogP contribution in [-0.4, -0.2) is 19.2 Å². The Morgan fingerprint density at radius 1 is 1.56 bits per heavy atom. The summed E-state index contributed by atoms with van der Waals surface area (Å²) >= 11 is 0. The number of rotatable bonds is 4. The van der Waals surface area contributed by atoms with Gasteiger partial charge in [-0.1, -0.05) is 0 Å². The van der Waals surface area contributed by atoms with Gasteiger partial charge in [-0.2, -0.15) is 0 Å². The topological polar surface area (TPSA) is 33.8 Å². The van der Waals surface area contributed by atoms with E-state index < -0.39 is 0 Å². The van der Waals surface area contributed by atoms with Crippen molar-refractivity contribution >= 4 is 6.08 Å². The fraction of sp³-hybridized carbons (Fsp3) is 0.667. The number of nitrogens with zero attached hydrogens (tertiary/aromatic N) is 2. The van der Waals surface area contributed by atoms with Crippen LogP contribution in [0.25, 0.3) is 4.85 Å². The quantitative estimate of drug-likeness (QED) is 0.238. The Hall–Kier alpha value is -1.13. The zero-order valence-electron chi connectivity index (χ0n) is 5.13. The van der Waals surface area contributed by atoms with Crippen LogP contribution in [0.3, 0.4) is 0 Å². The van der Waals surface area contributed by atoms with E-state index in [1.807, 2.05) is 0 Å². The summed E-state index contributed by atoms with van der Waals surface area (Å²) < 4.78 is 0. The molecule has 48 valence electrons. The van der Waals surface area contributed by atoms with Crippen molar-refractivity contribution in [3.8, 4) is 0 Å². The summed E-state index contributed by atoms with van der Waals surface area (Å²) in [6.45, 7) is 7.45. The maximum atomic E-state index is 9.49. The van der Waals surface area contributed by atoms with Gasteiger partial charge in [0, 0.05) is 6.42 Å². The van der Waals surface area contributed by atoms with Gasteiger partial charge < -0.3 is 4.85 Å². The van der Waals surface area contributed by atoms with Crippen LogP contribution in [0.2, 0.25) is 0 Å². The van der Waals surface area contributed by atoms with Gasteiger partial charge in [0.2, 0.25) is 12.6 Å². The Bertz CT molecular complexity index is 142. The third-order valence-electron chi connectivity index (χ3n) is 0.854. The largest absolute Gasteiger partial charge is 0.317 e. The Morgan fingerprint density at radius 2 is 2.33 bits per heavy atom. The molecule has 0 atom stereocenters. The highest BCUT2D eigenvalue weighted by molar-refractivity contribution is 5.32. The third-order valence-corrected chi connectivity index (χ3v) is 0.854. The lowest BCUT2D eigenvalue weighted by molar-refractivity contribution is 0.562. The summed E-state index contributed by atoms with van der Waals surface area (Å²) in [6, 6.07) is 0. The highest BCUT2D eigenvalue weighted by Gasteiger charge is 1.86. The first-order chi connectivity index (χ1) is 4.41. The van der Waals surface area contributed by atoms with Crippen molar-refractivity contribution in [2.24, 2.45) is 4.99 Å². The van der Waals surface area contributed by atoms with Gasteiger partial charge in [-0.3, -0.25) is 0 Å². The molecule has 0 amide bonds. The Morgan fingerprint density at radius 3 is 2.89 bits per heavy atom. The van der Waals surface area contributed by atoms with Crippen molar-refractivity contribution < 1.29 is 4.79 Å². The molecule has 0 aromatic rings. The molecule has 0 aliphatic rings. The predicted octanol–water partition coefficient (Wildman–Crippen LogP) is 1.02. The van der Waals surface area contributed by atoms with E-state index in [9.17, 15) is 4.79 Å². The molecule has 0 heterocycles. The van der Waals surface area contributed by atoms with Crippen molar-refractivity contribution in [3.63, 3.8) is 0 Å². The average molecular weight is 124 g/mol. The molecule has 0 spiro atoms. The van der Waals surface area contributed by atoms with Gasteiger partial charge in [-0.15, -0.1) is 0 Å². The summed E-state index contributed by atoms with van der Waals surface area (Å²) in [5.41, 5.74) is 0. The molecule has 0 rings (SSSR count). The summed E-state index contributed by atoms with van der Waals surface area (Å²) in [7, 11) is 0. The Labute approximate surface area is 54.2 Å². The van der Waals surface area contributed by atoms with Crippen LogP contribution in [0, 0.1) is 6.57 Å². The number of unbranched alkanes of at least 4 members (excludes halogenated alkanes) is 1. The molecule has 0 aliphatic heterocycles. The lowest BCUT2D eigenvalue weighted by Gasteiger charge is -1.83. The molecule has 0 aromatic carbocycles. The first-order valence-corrected chi connectivity index (χ1v) is 2.78. The van der Waals surface area contributed by atoms with Crippen molar-refractivity contribution in [2.45, 2.75) is 12.8 Å². The van der Waals surface area contributed by atoms with E-state index in [0.717, 1.165) is 12.8 Å². The Balaban J connectivity index is 2.93. The van der Waals surface area contributed by atoms with E-state index in [1.165, 1.54) is 6.08 Å². The summed E-state index contributed by atoms with van der Waals surface area (Å²) in [5, 5.41) is 0. The highest BCUT2D eigenvalue weighted by atomic mass is 16.1.